The van der Waals surface area contributed by atoms with Crippen molar-refractivity contribution in [2.45, 2.75) is 12.3 Å². The van der Waals surface area contributed by atoms with Crippen LogP contribution in [0.5, 0.6) is 0 Å². The van der Waals surface area contributed by atoms with Gasteiger partial charge in [-0.05, 0) is 57.7 Å². The molecule has 1 aromatic carbocycles. The van der Waals surface area contributed by atoms with E-state index in [1.54, 1.807) is 43.0 Å². The summed E-state index contributed by atoms with van der Waals surface area (Å²) >= 11 is 3.56. The molecule has 0 saturated heterocycles. The van der Waals surface area contributed by atoms with Crippen molar-refractivity contribution in [1.29, 1.82) is 0 Å². The number of pyridine rings is 2. The number of nitrogens with two attached hydrogens (primary N) is 1. The summed E-state index contributed by atoms with van der Waals surface area (Å²) in [6, 6.07) is 11.8. The van der Waals surface area contributed by atoms with E-state index < -0.39 is 11.8 Å². The fourth-order valence-corrected chi connectivity index (χ4v) is 4.07. The van der Waals surface area contributed by atoms with E-state index in [9.17, 15) is 9.18 Å². The van der Waals surface area contributed by atoms with Crippen molar-refractivity contribution in [1.82, 2.24) is 20.2 Å². The van der Waals surface area contributed by atoms with E-state index in [4.69, 9.17) is 10.7 Å². The number of anilines is 1. The molecule has 1 unspecified atom stereocenters. The molecule has 32 heavy (non-hydrogen) atoms. The Balaban J connectivity index is 1.72. The first-order valence-electron chi connectivity index (χ1n) is 9.90. The molecule has 4 rings (SSSR count). The molecule has 4 N–H and O–H groups in total. The first-order valence-corrected chi connectivity index (χ1v) is 10.7. The highest BCUT2D eigenvalue weighted by atomic mass is 79.9. The van der Waals surface area contributed by atoms with Gasteiger partial charge in [0.1, 0.15) is 11.6 Å². The van der Waals surface area contributed by atoms with Crippen LogP contribution in [0.1, 0.15) is 22.6 Å². The summed E-state index contributed by atoms with van der Waals surface area (Å²) in [6.07, 6.45) is 7.22. The molecule has 3 aromatic heterocycles. The lowest BCUT2D eigenvalue weighted by Gasteiger charge is -2.20. The quantitative estimate of drug-likeness (QED) is 0.342. The largest absolute Gasteiger partial charge is 0.369 e. The predicted octanol–water partition coefficient (Wildman–Crippen LogP) is 4.04. The summed E-state index contributed by atoms with van der Waals surface area (Å²) in [5.41, 5.74) is 9.37. The number of halogens is 2. The van der Waals surface area contributed by atoms with Crippen LogP contribution in [0, 0.1) is 5.82 Å². The number of primary amides is 1. The smallest absolute Gasteiger partial charge is 0.229 e. The number of H-pyrrole nitrogens is 1. The van der Waals surface area contributed by atoms with Crippen molar-refractivity contribution >= 4 is 27.7 Å². The maximum atomic E-state index is 13.5. The van der Waals surface area contributed by atoms with Crippen molar-refractivity contribution in [3.05, 3.63) is 94.2 Å². The van der Waals surface area contributed by atoms with Crippen LogP contribution >= 0.6 is 15.9 Å². The van der Waals surface area contributed by atoms with Crippen LogP contribution in [-0.4, -0.2) is 32.6 Å². The number of aromatic amines is 1. The third-order valence-electron chi connectivity index (χ3n) is 4.99. The Labute approximate surface area is 192 Å². The van der Waals surface area contributed by atoms with E-state index in [1.807, 2.05) is 12.1 Å². The average Bonchev–Trinajstić information content (AvgIpc) is 3.30. The number of hydrogen-bond donors (Lipinski definition) is 3. The monoisotopic (exact) mass is 494 g/mol. The van der Waals surface area contributed by atoms with Gasteiger partial charge in [0, 0.05) is 40.7 Å². The van der Waals surface area contributed by atoms with Gasteiger partial charge in [-0.1, -0.05) is 18.2 Å². The van der Waals surface area contributed by atoms with Crippen LogP contribution < -0.4 is 11.1 Å². The molecule has 0 saturated carbocycles. The Bertz CT molecular complexity index is 1220. The summed E-state index contributed by atoms with van der Waals surface area (Å²) in [5, 5.41) is 10.1. The minimum atomic E-state index is -0.748. The lowest BCUT2D eigenvalue weighted by molar-refractivity contribution is -0.118. The molecule has 1 atom stereocenters. The van der Waals surface area contributed by atoms with Crippen LogP contribution in [0.2, 0.25) is 0 Å². The maximum Gasteiger partial charge on any atom is 0.229 e. The van der Waals surface area contributed by atoms with Crippen molar-refractivity contribution in [2.24, 2.45) is 5.73 Å². The van der Waals surface area contributed by atoms with Gasteiger partial charge in [-0.3, -0.25) is 14.9 Å². The number of amides is 1. The SMILES string of the molecule is NC(=O)C(c1cccnc1)c1cc(Br)c(-c2cn[nH]c2)nc1NCCc1cccc(F)c1. The van der Waals surface area contributed by atoms with Gasteiger partial charge in [0.2, 0.25) is 5.91 Å². The second kappa shape index (κ2) is 9.69. The molecule has 9 heteroatoms. The first-order chi connectivity index (χ1) is 15.5. The highest BCUT2D eigenvalue weighted by molar-refractivity contribution is 9.10. The molecule has 0 aliphatic heterocycles. The third-order valence-corrected chi connectivity index (χ3v) is 5.59. The summed E-state index contributed by atoms with van der Waals surface area (Å²) < 4.78 is 14.2. The molecule has 1 amide bonds. The maximum absolute atomic E-state index is 13.5. The van der Waals surface area contributed by atoms with Gasteiger partial charge < -0.3 is 11.1 Å². The number of hydrogen-bond acceptors (Lipinski definition) is 5. The topological polar surface area (TPSA) is 110 Å². The molecule has 0 aliphatic carbocycles. The number of nitrogens with one attached hydrogen (secondary N) is 2. The van der Waals surface area contributed by atoms with E-state index in [1.165, 1.54) is 12.1 Å². The number of carbonyl (C=O) groups excluding carboxylic acids is 1. The molecule has 0 bridgehead atoms. The zero-order valence-corrected chi connectivity index (χ0v) is 18.5. The normalized spacial score (nSPS) is 11.8. The highest BCUT2D eigenvalue weighted by Gasteiger charge is 2.26. The third kappa shape index (κ3) is 4.83. The van der Waals surface area contributed by atoms with Crippen LogP contribution in [0.4, 0.5) is 10.2 Å². The Morgan fingerprint density at radius 1 is 1.22 bits per heavy atom. The van der Waals surface area contributed by atoms with Crippen LogP contribution in [0.25, 0.3) is 11.3 Å². The average molecular weight is 495 g/mol. The van der Waals surface area contributed by atoms with E-state index >= 15 is 0 Å². The summed E-state index contributed by atoms with van der Waals surface area (Å²) in [4.78, 5) is 21.4. The second-order valence-electron chi connectivity index (χ2n) is 7.17. The van der Waals surface area contributed by atoms with Gasteiger partial charge >= 0.3 is 0 Å². The Morgan fingerprint density at radius 2 is 2.09 bits per heavy atom. The fourth-order valence-electron chi connectivity index (χ4n) is 3.51. The number of carbonyl (C=O) groups is 1. The minimum Gasteiger partial charge on any atom is -0.369 e. The number of rotatable bonds is 8. The Hall–Kier alpha value is -3.59. The first kappa shape index (κ1) is 21.6. The number of nitrogens with zero attached hydrogens (tertiary/aromatic N) is 3. The fraction of sp³-hybridized carbons (Fsp3) is 0.130. The summed E-state index contributed by atoms with van der Waals surface area (Å²) in [6.45, 7) is 0.481. The molecule has 0 spiro atoms. The van der Waals surface area contributed by atoms with Crippen LogP contribution in [0.3, 0.4) is 0 Å². The van der Waals surface area contributed by atoms with E-state index in [0.29, 0.717) is 40.1 Å². The minimum absolute atomic E-state index is 0.280. The van der Waals surface area contributed by atoms with E-state index in [2.05, 4.69) is 36.4 Å². The zero-order valence-electron chi connectivity index (χ0n) is 16.9. The van der Waals surface area contributed by atoms with Crippen molar-refractivity contribution in [3.8, 4) is 11.3 Å². The lowest BCUT2D eigenvalue weighted by atomic mass is 9.91. The van der Waals surface area contributed by atoms with Gasteiger partial charge in [-0.15, -0.1) is 0 Å². The number of benzene rings is 1. The van der Waals surface area contributed by atoms with Gasteiger partial charge in [0.05, 0.1) is 17.8 Å². The Morgan fingerprint density at radius 3 is 2.78 bits per heavy atom. The summed E-state index contributed by atoms with van der Waals surface area (Å²) in [7, 11) is 0. The number of aromatic nitrogens is 4. The van der Waals surface area contributed by atoms with Gasteiger partial charge in [0.15, 0.2) is 0 Å². The molecular formula is C23H20BrFN6O. The van der Waals surface area contributed by atoms with Crippen molar-refractivity contribution in [2.75, 3.05) is 11.9 Å². The van der Waals surface area contributed by atoms with Gasteiger partial charge in [-0.2, -0.15) is 5.10 Å². The van der Waals surface area contributed by atoms with Crippen LogP contribution in [0.15, 0.2) is 71.7 Å². The molecule has 4 aromatic rings. The lowest BCUT2D eigenvalue weighted by Crippen LogP contribution is -2.24. The van der Waals surface area contributed by atoms with E-state index in [0.717, 1.165) is 11.1 Å². The van der Waals surface area contributed by atoms with Crippen LogP contribution in [-0.2, 0) is 11.2 Å². The summed E-state index contributed by atoms with van der Waals surface area (Å²) in [5.74, 6) is -1.04. The molecule has 7 nitrogen and oxygen atoms in total. The predicted molar refractivity (Wildman–Crippen MR) is 123 cm³/mol. The standard InChI is InChI=1S/C23H20BrFN6O/c24-19-10-18(20(22(26)32)15-4-2-7-27-11-15)23(31-21(19)16-12-29-30-13-16)28-8-6-14-3-1-5-17(25)9-14/h1-5,7,9-13,20H,6,8H2,(H2,26,32)(H,28,31)(H,29,30). The molecule has 162 valence electrons. The van der Waals surface area contributed by atoms with E-state index in [-0.39, 0.29) is 5.82 Å². The zero-order chi connectivity index (χ0) is 22.5. The Kier molecular flexibility index (Phi) is 6.55. The van der Waals surface area contributed by atoms with Gasteiger partial charge in [-0.25, -0.2) is 9.37 Å². The van der Waals surface area contributed by atoms with Gasteiger partial charge in [0.25, 0.3) is 0 Å². The highest BCUT2D eigenvalue weighted by Crippen LogP contribution is 2.36. The molecule has 3 heterocycles. The van der Waals surface area contributed by atoms with Crippen molar-refractivity contribution in [3.63, 3.8) is 0 Å². The molecule has 0 radical (unpaired) electrons. The molecule has 0 fully saturated rings. The second-order valence-corrected chi connectivity index (χ2v) is 8.03. The van der Waals surface area contributed by atoms with Crippen molar-refractivity contribution < 1.29 is 9.18 Å². The molecule has 0 aliphatic rings. The molecular weight excluding hydrogens is 475 g/mol.